The Morgan fingerprint density at radius 3 is 2.74 bits per heavy atom. The zero-order chi connectivity index (χ0) is 14.0. The van der Waals surface area contributed by atoms with Crippen LogP contribution < -0.4 is 5.32 Å². The van der Waals surface area contributed by atoms with Crippen molar-refractivity contribution in [3.05, 3.63) is 44.0 Å². The summed E-state index contributed by atoms with van der Waals surface area (Å²) in [6, 6.07) is 1.53. The lowest BCUT2D eigenvalue weighted by Crippen LogP contribution is -2.09. The SMILES string of the molecule is Cc1csc(C(C)Nc2ncc([N+](=O)[O-])cc2C)n1. The highest BCUT2D eigenvalue weighted by Crippen LogP contribution is 2.24. The lowest BCUT2D eigenvalue weighted by Gasteiger charge is -2.13. The van der Waals surface area contributed by atoms with E-state index in [2.05, 4.69) is 15.3 Å². The molecule has 1 unspecified atom stereocenters. The molecule has 0 aromatic carbocycles. The van der Waals surface area contributed by atoms with Crippen LogP contribution in [0.3, 0.4) is 0 Å². The van der Waals surface area contributed by atoms with Crippen molar-refractivity contribution in [3.63, 3.8) is 0 Å². The Labute approximate surface area is 114 Å². The van der Waals surface area contributed by atoms with Gasteiger partial charge < -0.3 is 5.32 Å². The molecule has 0 amide bonds. The molecule has 7 heteroatoms. The zero-order valence-corrected chi connectivity index (χ0v) is 11.7. The highest BCUT2D eigenvalue weighted by Gasteiger charge is 2.13. The number of rotatable bonds is 4. The number of aromatic nitrogens is 2. The van der Waals surface area contributed by atoms with Gasteiger partial charge in [0.15, 0.2) is 0 Å². The molecule has 0 radical (unpaired) electrons. The number of nitrogens with one attached hydrogen (secondary N) is 1. The van der Waals surface area contributed by atoms with Crippen LogP contribution in [0.2, 0.25) is 0 Å². The first-order chi connectivity index (χ1) is 8.97. The predicted molar refractivity (Wildman–Crippen MR) is 74.5 cm³/mol. The number of pyridine rings is 1. The average molecular weight is 278 g/mol. The van der Waals surface area contributed by atoms with Crippen LogP contribution in [0.15, 0.2) is 17.6 Å². The Bertz CT molecular complexity index is 612. The van der Waals surface area contributed by atoms with Gasteiger partial charge in [0.2, 0.25) is 0 Å². The van der Waals surface area contributed by atoms with Crippen LogP contribution in [0.1, 0.15) is 29.2 Å². The second kappa shape index (κ2) is 5.31. The van der Waals surface area contributed by atoms with Gasteiger partial charge in [-0.3, -0.25) is 10.1 Å². The second-order valence-electron chi connectivity index (χ2n) is 4.31. The standard InChI is InChI=1S/C12H14N4O2S/c1-7-4-10(16(17)18)5-13-11(7)15-9(3)12-14-8(2)6-19-12/h4-6,9H,1-3H3,(H,13,15). The van der Waals surface area contributed by atoms with Gasteiger partial charge >= 0.3 is 0 Å². The van der Waals surface area contributed by atoms with Crippen LogP contribution in [0.4, 0.5) is 11.5 Å². The maximum absolute atomic E-state index is 10.6. The van der Waals surface area contributed by atoms with Crippen molar-refractivity contribution in [2.75, 3.05) is 5.32 Å². The molecule has 1 N–H and O–H groups in total. The second-order valence-corrected chi connectivity index (χ2v) is 5.20. The minimum absolute atomic E-state index is 0.000737. The minimum atomic E-state index is -0.447. The zero-order valence-electron chi connectivity index (χ0n) is 10.9. The first-order valence-electron chi connectivity index (χ1n) is 5.77. The predicted octanol–water partition coefficient (Wildman–Crippen LogP) is 3.24. The average Bonchev–Trinajstić information content (AvgIpc) is 2.78. The summed E-state index contributed by atoms with van der Waals surface area (Å²) in [6.07, 6.45) is 1.26. The third kappa shape index (κ3) is 3.05. The van der Waals surface area contributed by atoms with Gasteiger partial charge in [-0.1, -0.05) is 0 Å². The summed E-state index contributed by atoms with van der Waals surface area (Å²) in [4.78, 5) is 18.7. The molecule has 0 aliphatic carbocycles. The summed E-state index contributed by atoms with van der Waals surface area (Å²) < 4.78 is 0. The van der Waals surface area contributed by atoms with Crippen molar-refractivity contribution in [2.24, 2.45) is 0 Å². The van der Waals surface area contributed by atoms with Gasteiger partial charge in [-0.2, -0.15) is 0 Å². The Morgan fingerprint density at radius 1 is 1.47 bits per heavy atom. The number of nitro groups is 1. The molecule has 0 saturated heterocycles. The molecular formula is C12H14N4O2S. The highest BCUT2D eigenvalue weighted by molar-refractivity contribution is 7.09. The number of anilines is 1. The van der Waals surface area contributed by atoms with E-state index in [-0.39, 0.29) is 11.7 Å². The highest BCUT2D eigenvalue weighted by atomic mass is 32.1. The molecule has 0 aliphatic rings. The number of hydrogen-bond donors (Lipinski definition) is 1. The third-order valence-corrected chi connectivity index (χ3v) is 3.78. The van der Waals surface area contributed by atoms with Crippen molar-refractivity contribution >= 4 is 22.8 Å². The summed E-state index contributed by atoms with van der Waals surface area (Å²) in [5.41, 5.74) is 1.73. The summed E-state index contributed by atoms with van der Waals surface area (Å²) >= 11 is 1.58. The van der Waals surface area contributed by atoms with Crippen LogP contribution in [0, 0.1) is 24.0 Å². The van der Waals surface area contributed by atoms with Crippen LogP contribution in [0.5, 0.6) is 0 Å². The van der Waals surface area contributed by atoms with E-state index in [0.29, 0.717) is 5.82 Å². The molecule has 19 heavy (non-hydrogen) atoms. The fourth-order valence-corrected chi connectivity index (χ4v) is 2.45. The monoisotopic (exact) mass is 278 g/mol. The number of aryl methyl sites for hydroxylation is 2. The molecule has 100 valence electrons. The first kappa shape index (κ1) is 13.4. The molecule has 0 spiro atoms. The minimum Gasteiger partial charge on any atom is -0.361 e. The van der Waals surface area contributed by atoms with E-state index < -0.39 is 4.92 Å². The van der Waals surface area contributed by atoms with Crippen molar-refractivity contribution in [3.8, 4) is 0 Å². The summed E-state index contributed by atoms with van der Waals surface area (Å²) in [6.45, 7) is 5.73. The van der Waals surface area contributed by atoms with E-state index in [1.54, 1.807) is 18.3 Å². The summed E-state index contributed by atoms with van der Waals surface area (Å²) in [5.74, 6) is 0.644. The smallest absolute Gasteiger partial charge is 0.287 e. The Kier molecular flexibility index (Phi) is 3.75. The van der Waals surface area contributed by atoms with Crippen molar-refractivity contribution in [1.82, 2.24) is 9.97 Å². The van der Waals surface area contributed by atoms with E-state index in [1.807, 2.05) is 19.2 Å². The van der Waals surface area contributed by atoms with E-state index in [4.69, 9.17) is 0 Å². The van der Waals surface area contributed by atoms with Gasteiger partial charge in [-0.05, 0) is 26.3 Å². The van der Waals surface area contributed by atoms with Gasteiger partial charge in [0.05, 0.1) is 11.0 Å². The maximum atomic E-state index is 10.6. The van der Waals surface area contributed by atoms with Crippen LogP contribution >= 0.6 is 11.3 Å². The Hall–Kier alpha value is -2.02. The first-order valence-corrected chi connectivity index (χ1v) is 6.65. The molecule has 2 aromatic rings. The third-order valence-electron chi connectivity index (χ3n) is 2.64. The Balaban J connectivity index is 2.17. The Morgan fingerprint density at radius 2 is 2.21 bits per heavy atom. The molecule has 1 atom stereocenters. The van der Waals surface area contributed by atoms with Crippen molar-refractivity contribution in [2.45, 2.75) is 26.8 Å². The lowest BCUT2D eigenvalue weighted by molar-refractivity contribution is -0.385. The summed E-state index contributed by atoms with van der Waals surface area (Å²) in [5, 5.41) is 16.8. The lowest BCUT2D eigenvalue weighted by atomic mass is 10.2. The van der Waals surface area contributed by atoms with Gasteiger partial charge in [0.25, 0.3) is 5.69 Å². The van der Waals surface area contributed by atoms with Gasteiger partial charge in [0, 0.05) is 17.1 Å². The van der Waals surface area contributed by atoms with E-state index in [1.165, 1.54) is 12.3 Å². The fraction of sp³-hybridized carbons (Fsp3) is 0.333. The molecule has 0 aliphatic heterocycles. The molecule has 0 bridgehead atoms. The molecule has 6 nitrogen and oxygen atoms in total. The van der Waals surface area contributed by atoms with Crippen LogP contribution in [0.25, 0.3) is 0 Å². The van der Waals surface area contributed by atoms with E-state index in [0.717, 1.165) is 16.3 Å². The largest absolute Gasteiger partial charge is 0.361 e. The molecule has 2 rings (SSSR count). The number of hydrogen-bond acceptors (Lipinski definition) is 6. The van der Waals surface area contributed by atoms with E-state index >= 15 is 0 Å². The number of nitrogens with zero attached hydrogens (tertiary/aromatic N) is 3. The van der Waals surface area contributed by atoms with Gasteiger partial charge in [-0.15, -0.1) is 11.3 Å². The molecule has 2 aromatic heterocycles. The molecule has 0 saturated carbocycles. The molecule has 0 fully saturated rings. The molecule has 2 heterocycles. The van der Waals surface area contributed by atoms with Crippen molar-refractivity contribution in [1.29, 1.82) is 0 Å². The quantitative estimate of drug-likeness (QED) is 0.686. The van der Waals surface area contributed by atoms with Crippen LogP contribution in [-0.4, -0.2) is 14.9 Å². The van der Waals surface area contributed by atoms with E-state index in [9.17, 15) is 10.1 Å². The molecular weight excluding hydrogens is 264 g/mol. The maximum Gasteiger partial charge on any atom is 0.287 e. The summed E-state index contributed by atoms with van der Waals surface area (Å²) in [7, 11) is 0. The fourth-order valence-electron chi connectivity index (χ4n) is 1.65. The normalized spacial score (nSPS) is 12.2. The van der Waals surface area contributed by atoms with Crippen LogP contribution in [-0.2, 0) is 0 Å². The van der Waals surface area contributed by atoms with Crippen molar-refractivity contribution < 1.29 is 4.92 Å². The van der Waals surface area contributed by atoms with Gasteiger partial charge in [-0.25, -0.2) is 9.97 Å². The number of thiazole rings is 1. The van der Waals surface area contributed by atoms with Gasteiger partial charge in [0.1, 0.15) is 17.0 Å². The topological polar surface area (TPSA) is 81.0 Å².